The first kappa shape index (κ1) is 21.6. The van der Waals surface area contributed by atoms with E-state index < -0.39 is 60.7 Å². The molecule has 0 aromatic carbocycles. The number of rotatable bonds is 6. The van der Waals surface area contributed by atoms with Crippen molar-refractivity contribution in [3.8, 4) is 0 Å². The Hall–Kier alpha value is -2.46. The van der Waals surface area contributed by atoms with E-state index in [0.29, 0.717) is 0 Å². The molecule has 0 saturated carbocycles. The van der Waals surface area contributed by atoms with E-state index in [-0.39, 0.29) is 0 Å². The van der Waals surface area contributed by atoms with E-state index in [2.05, 4.69) is 6.58 Å². The average Bonchev–Trinajstić information content (AvgIpc) is 2.51. The standard InChI is InChI=1S/C16H22O10/c1-6-16(7-22-8(2)17)14(24-10(4)19)12(21)13(23-9(3)18)15(26-16)25-11(5)20/h6,12-15,21H,1,7H2,2-5H3/t12-,13-,14+,15-,16-/m1/s1. The molecule has 1 aliphatic heterocycles. The highest BCUT2D eigenvalue weighted by Gasteiger charge is 2.58. The number of esters is 4. The van der Waals surface area contributed by atoms with Crippen LogP contribution in [0.2, 0.25) is 0 Å². The Morgan fingerprint density at radius 3 is 1.96 bits per heavy atom. The second-order valence-electron chi connectivity index (χ2n) is 5.63. The summed E-state index contributed by atoms with van der Waals surface area (Å²) in [7, 11) is 0. The van der Waals surface area contributed by atoms with Crippen LogP contribution >= 0.6 is 0 Å². The van der Waals surface area contributed by atoms with Crippen molar-refractivity contribution in [2.24, 2.45) is 0 Å². The van der Waals surface area contributed by atoms with E-state index in [4.69, 9.17) is 23.7 Å². The third-order valence-corrected chi connectivity index (χ3v) is 3.46. The molecule has 1 heterocycles. The molecule has 0 unspecified atom stereocenters. The Bertz CT molecular complexity index is 586. The molecule has 0 amide bonds. The van der Waals surface area contributed by atoms with Crippen LogP contribution < -0.4 is 0 Å². The highest BCUT2D eigenvalue weighted by atomic mass is 16.7. The lowest BCUT2D eigenvalue weighted by Crippen LogP contribution is -2.67. The Labute approximate surface area is 150 Å². The van der Waals surface area contributed by atoms with Crippen molar-refractivity contribution in [3.63, 3.8) is 0 Å². The van der Waals surface area contributed by atoms with E-state index >= 15 is 0 Å². The van der Waals surface area contributed by atoms with Gasteiger partial charge >= 0.3 is 23.9 Å². The lowest BCUT2D eigenvalue weighted by molar-refractivity contribution is -0.319. The molecule has 1 rings (SSSR count). The minimum absolute atomic E-state index is 0.495. The molecule has 1 N–H and O–H groups in total. The summed E-state index contributed by atoms with van der Waals surface area (Å²) in [6.45, 7) is 7.45. The largest absolute Gasteiger partial charge is 0.462 e. The smallest absolute Gasteiger partial charge is 0.305 e. The fourth-order valence-corrected chi connectivity index (χ4v) is 2.45. The molecule has 146 valence electrons. The fraction of sp³-hybridized carbons (Fsp3) is 0.625. The van der Waals surface area contributed by atoms with E-state index in [9.17, 15) is 24.3 Å². The van der Waals surface area contributed by atoms with Gasteiger partial charge in [-0.1, -0.05) is 12.7 Å². The second-order valence-corrected chi connectivity index (χ2v) is 5.63. The van der Waals surface area contributed by atoms with Crippen LogP contribution in [0.1, 0.15) is 27.7 Å². The third-order valence-electron chi connectivity index (χ3n) is 3.46. The van der Waals surface area contributed by atoms with Crippen LogP contribution in [-0.2, 0) is 42.9 Å². The predicted octanol–water partition coefficient (Wildman–Crippen LogP) is -0.382. The van der Waals surface area contributed by atoms with Crippen molar-refractivity contribution in [2.75, 3.05) is 6.61 Å². The summed E-state index contributed by atoms with van der Waals surface area (Å²) in [5, 5.41) is 10.6. The predicted molar refractivity (Wildman–Crippen MR) is 83.3 cm³/mol. The van der Waals surface area contributed by atoms with Gasteiger partial charge < -0.3 is 28.8 Å². The number of aliphatic hydroxyl groups excluding tert-OH is 1. The van der Waals surface area contributed by atoms with E-state index in [0.717, 1.165) is 33.8 Å². The minimum Gasteiger partial charge on any atom is -0.462 e. The van der Waals surface area contributed by atoms with E-state index in [1.54, 1.807) is 0 Å². The van der Waals surface area contributed by atoms with Crippen molar-refractivity contribution in [1.82, 2.24) is 0 Å². The molecule has 0 bridgehead atoms. The maximum absolute atomic E-state index is 11.5. The van der Waals surface area contributed by atoms with Crippen LogP contribution in [0.3, 0.4) is 0 Å². The molecule has 1 aliphatic rings. The maximum atomic E-state index is 11.5. The monoisotopic (exact) mass is 374 g/mol. The van der Waals surface area contributed by atoms with Crippen molar-refractivity contribution in [3.05, 3.63) is 12.7 Å². The zero-order valence-corrected chi connectivity index (χ0v) is 14.9. The lowest BCUT2D eigenvalue weighted by Gasteiger charge is -2.48. The quantitative estimate of drug-likeness (QED) is 0.372. The molecule has 0 aliphatic carbocycles. The molecule has 5 atom stereocenters. The van der Waals surface area contributed by atoms with Crippen LogP contribution in [0, 0.1) is 0 Å². The molecular weight excluding hydrogens is 352 g/mol. The fourth-order valence-electron chi connectivity index (χ4n) is 2.45. The van der Waals surface area contributed by atoms with Crippen molar-refractivity contribution >= 4 is 23.9 Å². The molecule has 0 aromatic rings. The van der Waals surface area contributed by atoms with Gasteiger partial charge in [0.05, 0.1) is 0 Å². The zero-order valence-electron chi connectivity index (χ0n) is 14.9. The number of carbonyl (C=O) groups is 4. The summed E-state index contributed by atoms with van der Waals surface area (Å²) < 4.78 is 25.6. The van der Waals surface area contributed by atoms with E-state index in [1.165, 1.54) is 0 Å². The van der Waals surface area contributed by atoms with Gasteiger partial charge in [-0.25, -0.2) is 0 Å². The molecule has 1 fully saturated rings. The number of aliphatic hydroxyl groups is 1. The SMILES string of the molecule is C=C[C@]1(COC(C)=O)O[C@@H](OC(C)=O)[C@H](OC(C)=O)[C@@H](O)[C@@H]1OC(C)=O. The topological polar surface area (TPSA) is 135 Å². The van der Waals surface area contributed by atoms with Gasteiger partial charge in [0.1, 0.15) is 12.7 Å². The van der Waals surface area contributed by atoms with Crippen LogP contribution in [-0.4, -0.2) is 65.8 Å². The highest BCUT2D eigenvalue weighted by Crippen LogP contribution is 2.36. The van der Waals surface area contributed by atoms with Crippen molar-refractivity contribution in [1.29, 1.82) is 0 Å². The minimum atomic E-state index is -1.74. The van der Waals surface area contributed by atoms with Gasteiger partial charge in [-0.15, -0.1) is 0 Å². The van der Waals surface area contributed by atoms with Crippen molar-refractivity contribution < 1.29 is 48.0 Å². The summed E-state index contributed by atoms with van der Waals surface area (Å²) >= 11 is 0. The number of ether oxygens (including phenoxy) is 5. The van der Waals surface area contributed by atoms with Gasteiger partial charge in [0.15, 0.2) is 17.8 Å². The van der Waals surface area contributed by atoms with Crippen LogP contribution in [0.25, 0.3) is 0 Å². The molecular formula is C16H22O10. The van der Waals surface area contributed by atoms with E-state index in [1.807, 2.05) is 0 Å². The summed E-state index contributed by atoms with van der Waals surface area (Å²) in [6, 6.07) is 0. The first-order valence-electron chi connectivity index (χ1n) is 7.67. The van der Waals surface area contributed by atoms with Gasteiger partial charge in [0.25, 0.3) is 0 Å². The van der Waals surface area contributed by atoms with Crippen LogP contribution in [0.5, 0.6) is 0 Å². The average molecular weight is 374 g/mol. The Morgan fingerprint density at radius 2 is 1.54 bits per heavy atom. The van der Waals surface area contributed by atoms with Gasteiger partial charge in [-0.3, -0.25) is 19.2 Å². The molecule has 10 nitrogen and oxygen atoms in total. The number of hydrogen-bond donors (Lipinski definition) is 1. The molecule has 0 spiro atoms. The first-order valence-corrected chi connectivity index (χ1v) is 7.67. The van der Waals surface area contributed by atoms with Gasteiger partial charge in [0, 0.05) is 27.7 Å². The van der Waals surface area contributed by atoms with Crippen LogP contribution in [0.15, 0.2) is 12.7 Å². The third kappa shape index (κ3) is 5.27. The zero-order chi connectivity index (χ0) is 20.1. The summed E-state index contributed by atoms with van der Waals surface area (Å²) in [6.07, 6.45) is -4.99. The molecule has 0 radical (unpaired) electrons. The van der Waals surface area contributed by atoms with Gasteiger partial charge in [-0.05, 0) is 0 Å². The first-order chi connectivity index (χ1) is 12.0. The highest BCUT2D eigenvalue weighted by molar-refractivity contribution is 5.68. The molecule has 1 saturated heterocycles. The molecule has 0 aromatic heterocycles. The van der Waals surface area contributed by atoms with Gasteiger partial charge in [0.2, 0.25) is 6.29 Å². The maximum Gasteiger partial charge on any atom is 0.305 e. The Balaban J connectivity index is 3.33. The summed E-state index contributed by atoms with van der Waals surface area (Å²) in [5.41, 5.74) is -1.74. The van der Waals surface area contributed by atoms with Crippen LogP contribution in [0.4, 0.5) is 0 Å². The Morgan fingerprint density at radius 1 is 1.00 bits per heavy atom. The molecule has 10 heteroatoms. The Kier molecular flexibility index (Phi) is 7.28. The number of hydrogen-bond acceptors (Lipinski definition) is 10. The normalized spacial score (nSPS) is 30.7. The number of carbonyl (C=O) groups excluding carboxylic acids is 4. The second kappa shape index (κ2) is 8.77. The summed E-state index contributed by atoms with van der Waals surface area (Å²) in [4.78, 5) is 45.3. The lowest BCUT2D eigenvalue weighted by atomic mass is 9.86. The van der Waals surface area contributed by atoms with Crippen molar-refractivity contribution in [2.45, 2.75) is 57.9 Å². The summed E-state index contributed by atoms with van der Waals surface area (Å²) in [5.74, 6) is -3.02. The molecule has 26 heavy (non-hydrogen) atoms. The van der Waals surface area contributed by atoms with Gasteiger partial charge in [-0.2, -0.15) is 0 Å².